The van der Waals surface area contributed by atoms with E-state index in [4.69, 9.17) is 9.15 Å². The van der Waals surface area contributed by atoms with Crippen molar-refractivity contribution in [3.63, 3.8) is 0 Å². The van der Waals surface area contributed by atoms with Crippen molar-refractivity contribution in [2.75, 3.05) is 13.7 Å². The Bertz CT molecular complexity index is 926. The monoisotopic (exact) mass is 379 g/mol. The van der Waals surface area contributed by atoms with E-state index >= 15 is 0 Å². The lowest BCUT2D eigenvalue weighted by Gasteiger charge is -2.21. The zero-order valence-corrected chi connectivity index (χ0v) is 14.3. The molecule has 0 fully saturated rings. The highest BCUT2D eigenvalue weighted by atomic mass is 19.4. The quantitative estimate of drug-likeness (QED) is 0.710. The molecule has 0 saturated carbocycles. The highest BCUT2D eigenvalue weighted by Crippen LogP contribution is 2.32. The molecule has 0 saturated heterocycles. The van der Waals surface area contributed by atoms with Crippen LogP contribution in [-0.2, 0) is 11.2 Å². The maximum absolute atomic E-state index is 13.4. The number of pyridine rings is 1. The Kier molecular flexibility index (Phi) is 5.41. The predicted octanol–water partition coefficient (Wildman–Crippen LogP) is 3.45. The van der Waals surface area contributed by atoms with Crippen LogP contribution < -0.4 is 5.32 Å². The number of nitrogens with one attached hydrogen (secondary N) is 1. The highest BCUT2D eigenvalue weighted by molar-refractivity contribution is 5.97. The minimum Gasteiger partial charge on any atom is -0.441 e. The number of fused-ring (bicyclic) bond motifs is 1. The van der Waals surface area contributed by atoms with E-state index in [-0.39, 0.29) is 11.1 Å². The minimum atomic E-state index is -4.66. The number of amides is 1. The first kappa shape index (κ1) is 18.8. The van der Waals surface area contributed by atoms with Gasteiger partial charge in [0.05, 0.1) is 6.61 Å². The summed E-state index contributed by atoms with van der Waals surface area (Å²) in [6, 6.07) is 4.76. The maximum atomic E-state index is 13.4. The Morgan fingerprint density at radius 2 is 2.15 bits per heavy atom. The van der Waals surface area contributed by atoms with Gasteiger partial charge in [0, 0.05) is 37.1 Å². The van der Waals surface area contributed by atoms with Crippen molar-refractivity contribution in [2.24, 2.45) is 0 Å². The fourth-order valence-electron chi connectivity index (χ4n) is 2.53. The number of oxazole rings is 1. The third-order valence-corrected chi connectivity index (χ3v) is 3.84. The van der Waals surface area contributed by atoms with Crippen LogP contribution in [0.4, 0.5) is 13.2 Å². The van der Waals surface area contributed by atoms with Crippen LogP contribution in [-0.4, -0.2) is 35.8 Å². The van der Waals surface area contributed by atoms with Gasteiger partial charge < -0.3 is 14.5 Å². The number of hydrogen-bond acceptors (Lipinski definition) is 5. The van der Waals surface area contributed by atoms with Gasteiger partial charge in [0.15, 0.2) is 17.5 Å². The van der Waals surface area contributed by atoms with Crippen molar-refractivity contribution in [3.8, 4) is 0 Å². The van der Waals surface area contributed by atoms with Gasteiger partial charge in [0.2, 0.25) is 0 Å². The van der Waals surface area contributed by atoms with Gasteiger partial charge in [0.1, 0.15) is 5.52 Å². The van der Waals surface area contributed by atoms with Crippen LogP contribution in [0.2, 0.25) is 0 Å². The molecule has 0 radical (unpaired) electrons. The number of rotatable bonds is 6. The van der Waals surface area contributed by atoms with Crippen LogP contribution in [0.5, 0.6) is 0 Å². The summed E-state index contributed by atoms with van der Waals surface area (Å²) in [5, 5.41) is 2.01. The molecule has 0 aliphatic rings. The second-order valence-corrected chi connectivity index (χ2v) is 5.77. The molecule has 3 rings (SSSR count). The first-order valence-electron chi connectivity index (χ1n) is 8.04. The number of carbonyl (C=O) groups is 1. The topological polar surface area (TPSA) is 77.2 Å². The van der Waals surface area contributed by atoms with Crippen molar-refractivity contribution < 1.29 is 27.1 Å². The number of benzene rings is 1. The number of hydrogen-bond donors (Lipinski definition) is 1. The Balaban J connectivity index is 1.83. The zero-order valence-electron chi connectivity index (χ0n) is 14.3. The number of halogens is 3. The van der Waals surface area contributed by atoms with Gasteiger partial charge in [-0.2, -0.15) is 13.2 Å². The van der Waals surface area contributed by atoms with Crippen LogP contribution in [0, 0.1) is 0 Å². The summed E-state index contributed by atoms with van der Waals surface area (Å²) < 4.78 is 50.6. The molecule has 142 valence electrons. The maximum Gasteiger partial charge on any atom is 0.412 e. The van der Waals surface area contributed by atoms with Gasteiger partial charge in [-0.25, -0.2) is 4.98 Å². The number of carbonyl (C=O) groups excluding carboxylic acids is 1. The third-order valence-electron chi connectivity index (χ3n) is 3.84. The lowest BCUT2D eigenvalue weighted by atomic mass is 10.1. The van der Waals surface area contributed by atoms with Crippen molar-refractivity contribution >= 4 is 17.0 Å². The molecule has 0 bridgehead atoms. The van der Waals surface area contributed by atoms with Crippen LogP contribution in [0.1, 0.15) is 27.9 Å². The van der Waals surface area contributed by atoms with E-state index < -0.39 is 18.1 Å². The first-order chi connectivity index (χ1) is 12.9. The zero-order chi connectivity index (χ0) is 19.4. The fraction of sp³-hybridized carbons (Fsp3) is 0.278. The van der Waals surface area contributed by atoms with E-state index in [2.05, 4.69) is 9.97 Å². The molecule has 1 unspecified atom stereocenters. The molecular formula is C18H16F3N3O3. The largest absolute Gasteiger partial charge is 0.441 e. The second-order valence-electron chi connectivity index (χ2n) is 5.77. The Hall–Kier alpha value is -2.94. The number of ether oxygens (including phenoxy) is 1. The number of alkyl halides is 3. The van der Waals surface area contributed by atoms with Crippen LogP contribution in [0.15, 0.2) is 47.1 Å². The molecule has 1 aromatic carbocycles. The van der Waals surface area contributed by atoms with E-state index in [1.807, 2.05) is 5.32 Å². The van der Waals surface area contributed by atoms with Crippen LogP contribution in [0.3, 0.4) is 0 Å². The summed E-state index contributed by atoms with van der Waals surface area (Å²) in [5.41, 5.74) is 0.715. The van der Waals surface area contributed by atoms with E-state index in [1.165, 1.54) is 36.5 Å². The number of methoxy groups -OCH3 is 1. The molecule has 9 heteroatoms. The average molecular weight is 379 g/mol. The van der Waals surface area contributed by atoms with E-state index in [1.54, 1.807) is 7.11 Å². The Morgan fingerprint density at radius 3 is 2.81 bits per heavy atom. The SMILES string of the molecule is COCCc1nc2ccc(C(=O)NC(c3cccnc3)C(F)(F)F)cc2o1. The van der Waals surface area contributed by atoms with Crippen molar-refractivity contribution in [1.29, 1.82) is 0 Å². The molecule has 3 aromatic rings. The molecule has 0 aliphatic carbocycles. The van der Waals surface area contributed by atoms with Gasteiger partial charge in [0.25, 0.3) is 5.91 Å². The second kappa shape index (κ2) is 7.75. The molecule has 1 amide bonds. The van der Waals surface area contributed by atoms with Crippen LogP contribution in [0.25, 0.3) is 11.1 Å². The highest BCUT2D eigenvalue weighted by Gasteiger charge is 2.42. The van der Waals surface area contributed by atoms with Gasteiger partial charge in [-0.3, -0.25) is 9.78 Å². The Morgan fingerprint density at radius 1 is 1.33 bits per heavy atom. The lowest BCUT2D eigenvalue weighted by Crippen LogP contribution is -2.38. The molecule has 1 atom stereocenters. The van der Waals surface area contributed by atoms with E-state index in [9.17, 15) is 18.0 Å². The molecule has 0 aliphatic heterocycles. The fourth-order valence-corrected chi connectivity index (χ4v) is 2.53. The van der Waals surface area contributed by atoms with Gasteiger partial charge >= 0.3 is 6.18 Å². The molecule has 6 nitrogen and oxygen atoms in total. The molecule has 2 aromatic heterocycles. The Labute approximate surface area is 152 Å². The first-order valence-corrected chi connectivity index (χ1v) is 8.04. The minimum absolute atomic E-state index is 0.0371. The van der Waals surface area contributed by atoms with E-state index in [0.717, 1.165) is 6.20 Å². The van der Waals surface area contributed by atoms with Gasteiger partial charge in [-0.05, 0) is 24.3 Å². The summed E-state index contributed by atoms with van der Waals surface area (Å²) in [4.78, 5) is 20.3. The van der Waals surface area contributed by atoms with Crippen LogP contribution >= 0.6 is 0 Å². The standard InChI is InChI=1S/C18H16F3N3O3/c1-26-8-6-15-23-13-5-4-11(9-14(13)27-15)17(25)24-16(18(19,20)21)12-3-2-7-22-10-12/h2-5,7,9-10,16H,6,8H2,1H3,(H,24,25). The molecule has 27 heavy (non-hydrogen) atoms. The van der Waals surface area contributed by atoms with Crippen molar-refractivity contribution in [3.05, 3.63) is 59.7 Å². The van der Waals surface area contributed by atoms with Crippen molar-refractivity contribution in [1.82, 2.24) is 15.3 Å². The summed E-state index contributed by atoms with van der Waals surface area (Å²) in [7, 11) is 1.55. The normalized spacial score (nSPS) is 12.9. The van der Waals surface area contributed by atoms with Crippen molar-refractivity contribution in [2.45, 2.75) is 18.6 Å². The van der Waals surface area contributed by atoms with Gasteiger partial charge in [-0.15, -0.1) is 0 Å². The summed E-state index contributed by atoms with van der Waals surface area (Å²) in [6.07, 6.45) is -1.79. The number of nitrogens with zero attached hydrogens (tertiary/aromatic N) is 2. The predicted molar refractivity (Wildman–Crippen MR) is 90.1 cm³/mol. The molecule has 0 spiro atoms. The lowest BCUT2D eigenvalue weighted by molar-refractivity contribution is -0.155. The summed E-state index contributed by atoms with van der Waals surface area (Å²) in [5.74, 6) is -0.453. The van der Waals surface area contributed by atoms with E-state index in [0.29, 0.717) is 30.0 Å². The summed E-state index contributed by atoms with van der Waals surface area (Å²) >= 11 is 0. The molecule has 2 heterocycles. The average Bonchev–Trinajstić information content (AvgIpc) is 3.06. The van der Waals surface area contributed by atoms with Gasteiger partial charge in [-0.1, -0.05) is 6.07 Å². The summed E-state index contributed by atoms with van der Waals surface area (Å²) in [6.45, 7) is 0.415. The molecule has 1 N–H and O–H groups in total. The molecular weight excluding hydrogens is 363 g/mol. The number of aromatic nitrogens is 2. The smallest absolute Gasteiger partial charge is 0.412 e. The third kappa shape index (κ3) is 4.43.